The molecule has 5 heteroatoms. The van der Waals surface area contributed by atoms with E-state index in [-0.39, 0.29) is 12.0 Å². The van der Waals surface area contributed by atoms with Crippen molar-refractivity contribution in [2.24, 2.45) is 5.11 Å². The van der Waals surface area contributed by atoms with Gasteiger partial charge < -0.3 is 4.74 Å². The fraction of sp³-hybridized carbons (Fsp3) is 0.667. The van der Waals surface area contributed by atoms with E-state index in [0.29, 0.717) is 12.2 Å². The predicted molar refractivity (Wildman–Crippen MR) is 51.5 cm³/mol. The number of rotatable bonds is 3. The lowest BCUT2D eigenvalue weighted by molar-refractivity contribution is -0.138. The molecule has 0 aromatic rings. The molecule has 76 valence electrons. The van der Waals surface area contributed by atoms with Crippen LogP contribution in [0.1, 0.15) is 26.2 Å². The Labute approximate surface area is 82.4 Å². The van der Waals surface area contributed by atoms with Crippen LogP contribution in [0.3, 0.4) is 0 Å². The van der Waals surface area contributed by atoms with Crippen LogP contribution in [-0.4, -0.2) is 18.6 Å². The second-order valence-electron chi connectivity index (χ2n) is 3.03. The SMILES string of the molecule is CCOC(=O)C1=CCCCC1N=[N+]=[N-]. The third kappa shape index (κ3) is 2.50. The van der Waals surface area contributed by atoms with E-state index < -0.39 is 0 Å². The molecule has 0 fully saturated rings. The maximum atomic E-state index is 11.4. The van der Waals surface area contributed by atoms with Crippen LogP contribution in [0.5, 0.6) is 0 Å². The van der Waals surface area contributed by atoms with Crippen LogP contribution in [0.2, 0.25) is 0 Å². The number of carbonyl (C=O) groups is 1. The Balaban J connectivity index is 2.76. The molecule has 0 radical (unpaired) electrons. The van der Waals surface area contributed by atoms with E-state index in [2.05, 4.69) is 10.0 Å². The monoisotopic (exact) mass is 195 g/mol. The van der Waals surface area contributed by atoms with Gasteiger partial charge in [-0.1, -0.05) is 11.2 Å². The molecule has 14 heavy (non-hydrogen) atoms. The summed E-state index contributed by atoms with van der Waals surface area (Å²) in [5, 5.41) is 3.58. The maximum Gasteiger partial charge on any atom is 0.334 e. The molecule has 0 aromatic carbocycles. The van der Waals surface area contributed by atoms with Crippen molar-refractivity contribution in [3.63, 3.8) is 0 Å². The van der Waals surface area contributed by atoms with Crippen molar-refractivity contribution in [3.8, 4) is 0 Å². The van der Waals surface area contributed by atoms with Crippen LogP contribution in [0, 0.1) is 0 Å². The summed E-state index contributed by atoms with van der Waals surface area (Å²) >= 11 is 0. The molecule has 1 aliphatic rings. The van der Waals surface area contributed by atoms with Crippen molar-refractivity contribution in [2.75, 3.05) is 6.61 Å². The first-order valence-electron chi connectivity index (χ1n) is 4.71. The molecule has 5 nitrogen and oxygen atoms in total. The summed E-state index contributed by atoms with van der Waals surface area (Å²) < 4.78 is 4.87. The Kier molecular flexibility index (Phi) is 4.01. The molecular weight excluding hydrogens is 182 g/mol. The van der Waals surface area contributed by atoms with Crippen molar-refractivity contribution in [1.82, 2.24) is 0 Å². The van der Waals surface area contributed by atoms with Gasteiger partial charge in [-0.25, -0.2) is 4.79 Å². The van der Waals surface area contributed by atoms with Gasteiger partial charge in [0.1, 0.15) is 0 Å². The molecule has 0 aromatic heterocycles. The minimum Gasteiger partial charge on any atom is -0.463 e. The van der Waals surface area contributed by atoms with Crippen molar-refractivity contribution in [3.05, 3.63) is 22.1 Å². The van der Waals surface area contributed by atoms with Gasteiger partial charge in [-0.15, -0.1) is 0 Å². The highest BCUT2D eigenvalue weighted by Gasteiger charge is 2.23. The van der Waals surface area contributed by atoms with Gasteiger partial charge in [0, 0.05) is 10.5 Å². The van der Waals surface area contributed by atoms with Crippen LogP contribution >= 0.6 is 0 Å². The summed E-state index contributed by atoms with van der Waals surface area (Å²) in [6.45, 7) is 2.10. The lowest BCUT2D eigenvalue weighted by atomic mass is 9.95. The zero-order valence-electron chi connectivity index (χ0n) is 8.14. The molecule has 1 aliphatic carbocycles. The van der Waals surface area contributed by atoms with Gasteiger partial charge in [0.15, 0.2) is 0 Å². The fourth-order valence-corrected chi connectivity index (χ4v) is 1.48. The second-order valence-corrected chi connectivity index (χ2v) is 3.03. The lowest BCUT2D eigenvalue weighted by Crippen LogP contribution is -2.21. The average molecular weight is 195 g/mol. The van der Waals surface area contributed by atoms with Crippen molar-refractivity contribution < 1.29 is 9.53 Å². The summed E-state index contributed by atoms with van der Waals surface area (Å²) in [6.07, 6.45) is 4.34. The third-order valence-electron chi connectivity index (χ3n) is 2.11. The van der Waals surface area contributed by atoms with Crippen molar-refractivity contribution in [2.45, 2.75) is 32.2 Å². The Bertz CT molecular complexity index is 292. The molecular formula is C9H13N3O2. The van der Waals surface area contributed by atoms with E-state index in [1.54, 1.807) is 13.0 Å². The first-order valence-corrected chi connectivity index (χ1v) is 4.71. The number of esters is 1. The summed E-state index contributed by atoms with van der Waals surface area (Å²) in [4.78, 5) is 14.1. The van der Waals surface area contributed by atoms with Gasteiger partial charge in [0.05, 0.1) is 12.6 Å². The quantitative estimate of drug-likeness (QED) is 0.300. The van der Waals surface area contributed by atoms with E-state index in [1.807, 2.05) is 0 Å². The molecule has 0 aliphatic heterocycles. The van der Waals surface area contributed by atoms with E-state index >= 15 is 0 Å². The molecule has 0 saturated carbocycles. The van der Waals surface area contributed by atoms with Gasteiger partial charge >= 0.3 is 5.97 Å². The van der Waals surface area contributed by atoms with Crippen molar-refractivity contribution in [1.29, 1.82) is 0 Å². The fourth-order valence-electron chi connectivity index (χ4n) is 1.48. The van der Waals surface area contributed by atoms with Crippen LogP contribution in [0.25, 0.3) is 10.4 Å². The summed E-state index contributed by atoms with van der Waals surface area (Å²) in [6, 6.07) is -0.340. The highest BCUT2D eigenvalue weighted by atomic mass is 16.5. The molecule has 0 spiro atoms. The normalized spacial score (nSPS) is 20.6. The van der Waals surface area contributed by atoms with Gasteiger partial charge in [0.25, 0.3) is 0 Å². The zero-order chi connectivity index (χ0) is 10.4. The predicted octanol–water partition coefficient (Wildman–Crippen LogP) is 2.34. The van der Waals surface area contributed by atoms with Gasteiger partial charge in [0.2, 0.25) is 0 Å². The largest absolute Gasteiger partial charge is 0.463 e. The van der Waals surface area contributed by atoms with Gasteiger partial charge in [-0.3, -0.25) is 0 Å². The standard InChI is InChI=1S/C9H13N3O2/c1-2-14-9(13)7-5-3-4-6-8(7)11-12-10/h5,8H,2-4,6H2,1H3. The molecule has 1 unspecified atom stereocenters. The van der Waals surface area contributed by atoms with Crippen LogP contribution in [0.4, 0.5) is 0 Å². The number of carbonyl (C=O) groups excluding carboxylic acids is 1. The minimum absolute atomic E-state index is 0.340. The Morgan fingerprint density at radius 1 is 1.86 bits per heavy atom. The third-order valence-corrected chi connectivity index (χ3v) is 2.11. The number of hydrogen-bond acceptors (Lipinski definition) is 3. The van der Waals surface area contributed by atoms with Crippen LogP contribution in [-0.2, 0) is 9.53 Å². The average Bonchev–Trinajstić information content (AvgIpc) is 2.19. The highest BCUT2D eigenvalue weighted by Crippen LogP contribution is 2.22. The van der Waals surface area contributed by atoms with Gasteiger partial charge in [-0.05, 0) is 31.7 Å². The van der Waals surface area contributed by atoms with E-state index in [9.17, 15) is 4.79 Å². The molecule has 0 N–H and O–H groups in total. The zero-order valence-corrected chi connectivity index (χ0v) is 8.14. The number of nitrogens with zero attached hydrogens (tertiary/aromatic N) is 3. The molecule has 1 rings (SSSR count). The van der Waals surface area contributed by atoms with Crippen LogP contribution in [0.15, 0.2) is 16.8 Å². The van der Waals surface area contributed by atoms with Crippen molar-refractivity contribution >= 4 is 5.97 Å². The number of ether oxygens (including phenoxy) is 1. The summed E-state index contributed by atoms with van der Waals surface area (Å²) in [5.74, 6) is -0.357. The van der Waals surface area contributed by atoms with Gasteiger partial charge in [-0.2, -0.15) is 0 Å². The molecule has 0 amide bonds. The highest BCUT2D eigenvalue weighted by molar-refractivity contribution is 5.90. The van der Waals surface area contributed by atoms with E-state index in [1.165, 1.54) is 0 Å². The van der Waals surface area contributed by atoms with Crippen LogP contribution < -0.4 is 0 Å². The first-order chi connectivity index (χ1) is 6.79. The smallest absolute Gasteiger partial charge is 0.334 e. The van der Waals surface area contributed by atoms with E-state index in [0.717, 1.165) is 19.3 Å². The Hall–Kier alpha value is -1.48. The molecule has 0 bridgehead atoms. The molecule has 0 saturated heterocycles. The first kappa shape index (κ1) is 10.6. The number of azide groups is 1. The topological polar surface area (TPSA) is 75.1 Å². The molecule has 1 atom stereocenters. The minimum atomic E-state index is -0.357. The Morgan fingerprint density at radius 2 is 2.64 bits per heavy atom. The van der Waals surface area contributed by atoms with E-state index in [4.69, 9.17) is 10.3 Å². The molecule has 0 heterocycles. The number of hydrogen-bond donors (Lipinski definition) is 0. The maximum absolute atomic E-state index is 11.4. The Morgan fingerprint density at radius 3 is 3.29 bits per heavy atom. The second kappa shape index (κ2) is 5.29. The lowest BCUT2D eigenvalue weighted by Gasteiger charge is -2.18. The summed E-state index contributed by atoms with van der Waals surface area (Å²) in [5.41, 5.74) is 8.84. The summed E-state index contributed by atoms with van der Waals surface area (Å²) in [7, 11) is 0. The number of allylic oxidation sites excluding steroid dienone is 1.